The summed E-state index contributed by atoms with van der Waals surface area (Å²) in [5.41, 5.74) is 3.55. The van der Waals surface area contributed by atoms with Crippen LogP contribution in [-0.4, -0.2) is 11.7 Å². The molecule has 2 rings (SSSR count). The molecule has 4 heteroatoms. The first-order valence-electron chi connectivity index (χ1n) is 4.29. The van der Waals surface area contributed by atoms with Crippen molar-refractivity contribution in [2.75, 3.05) is 0 Å². The van der Waals surface area contributed by atoms with Crippen molar-refractivity contribution < 1.29 is 13.2 Å². The summed E-state index contributed by atoms with van der Waals surface area (Å²) in [6.45, 7) is 0. The number of nitrogens with two attached hydrogens (primary N) is 1. The molecule has 0 heterocycles. The summed E-state index contributed by atoms with van der Waals surface area (Å²) in [6, 6.07) is 0. The molecule has 0 aromatic heterocycles. The molecule has 0 aromatic rings. The molecule has 0 saturated heterocycles. The zero-order valence-corrected chi connectivity index (χ0v) is 6.69. The van der Waals surface area contributed by atoms with Gasteiger partial charge in [0, 0.05) is 0 Å². The second kappa shape index (κ2) is 2.16. The van der Waals surface area contributed by atoms with Crippen LogP contribution in [0.1, 0.15) is 25.7 Å². The van der Waals surface area contributed by atoms with Gasteiger partial charge in [-0.15, -0.1) is 0 Å². The highest BCUT2D eigenvalue weighted by atomic mass is 19.4. The van der Waals surface area contributed by atoms with Gasteiger partial charge < -0.3 is 5.73 Å². The Labute approximate surface area is 69.1 Å². The lowest BCUT2D eigenvalue weighted by molar-refractivity contribution is -0.199. The summed E-state index contributed by atoms with van der Waals surface area (Å²) >= 11 is 0. The molecule has 2 bridgehead atoms. The summed E-state index contributed by atoms with van der Waals surface area (Å²) in [5.74, 6) is -0.0656. The van der Waals surface area contributed by atoms with E-state index in [0.717, 1.165) is 6.42 Å². The van der Waals surface area contributed by atoms with Gasteiger partial charge >= 0.3 is 6.18 Å². The fraction of sp³-hybridized carbons (Fsp3) is 1.00. The Morgan fingerprint density at radius 3 is 2.17 bits per heavy atom. The fourth-order valence-corrected chi connectivity index (χ4v) is 2.72. The van der Waals surface area contributed by atoms with Gasteiger partial charge in [-0.3, -0.25) is 0 Å². The Hall–Kier alpha value is -0.250. The number of fused-ring (bicyclic) bond motifs is 2. The summed E-state index contributed by atoms with van der Waals surface area (Å²) in [4.78, 5) is 0. The molecule has 2 aliphatic rings. The number of alkyl halides is 3. The third-order valence-electron chi connectivity index (χ3n) is 3.42. The molecular formula is C8H12F3N. The van der Waals surface area contributed by atoms with Crippen molar-refractivity contribution >= 4 is 0 Å². The Balaban J connectivity index is 2.23. The van der Waals surface area contributed by atoms with Gasteiger partial charge in [0.15, 0.2) is 0 Å². The molecule has 0 radical (unpaired) electrons. The van der Waals surface area contributed by atoms with Crippen molar-refractivity contribution in [1.29, 1.82) is 0 Å². The molecule has 2 N–H and O–H groups in total. The molecule has 12 heavy (non-hydrogen) atoms. The Morgan fingerprint density at radius 1 is 1.25 bits per heavy atom. The molecule has 2 fully saturated rings. The fourth-order valence-electron chi connectivity index (χ4n) is 2.72. The largest absolute Gasteiger partial charge is 0.406 e. The molecule has 70 valence electrons. The average Bonchev–Trinajstić information content (AvgIpc) is 2.43. The van der Waals surface area contributed by atoms with Crippen LogP contribution in [0.4, 0.5) is 13.2 Å². The van der Waals surface area contributed by atoms with Gasteiger partial charge in [-0.1, -0.05) is 6.42 Å². The van der Waals surface area contributed by atoms with Crippen LogP contribution in [-0.2, 0) is 0 Å². The number of halogens is 3. The normalized spacial score (nSPS) is 47.0. The molecule has 2 saturated carbocycles. The Kier molecular flexibility index (Phi) is 1.50. The molecular weight excluding hydrogens is 167 g/mol. The molecule has 0 aliphatic heterocycles. The van der Waals surface area contributed by atoms with Crippen molar-refractivity contribution in [2.24, 2.45) is 17.6 Å². The summed E-state index contributed by atoms with van der Waals surface area (Å²) < 4.78 is 37.4. The van der Waals surface area contributed by atoms with Crippen LogP contribution in [0.15, 0.2) is 0 Å². The van der Waals surface area contributed by atoms with Gasteiger partial charge in [0.2, 0.25) is 0 Å². The first-order valence-corrected chi connectivity index (χ1v) is 4.29. The maximum atomic E-state index is 12.5. The zero-order chi connectivity index (χ0) is 8.98. The van der Waals surface area contributed by atoms with Crippen molar-refractivity contribution in [2.45, 2.75) is 37.4 Å². The summed E-state index contributed by atoms with van der Waals surface area (Å²) in [5, 5.41) is 0. The molecule has 3 unspecified atom stereocenters. The molecule has 3 atom stereocenters. The van der Waals surface area contributed by atoms with Crippen molar-refractivity contribution in [3.63, 3.8) is 0 Å². The van der Waals surface area contributed by atoms with Gasteiger partial charge in [0.1, 0.15) is 5.54 Å². The van der Waals surface area contributed by atoms with Crippen LogP contribution in [0.5, 0.6) is 0 Å². The summed E-state index contributed by atoms with van der Waals surface area (Å²) in [7, 11) is 0. The van der Waals surface area contributed by atoms with E-state index in [1.54, 1.807) is 0 Å². The lowest BCUT2D eigenvalue weighted by Gasteiger charge is -2.35. The first-order chi connectivity index (χ1) is 5.43. The molecule has 0 amide bonds. The Bertz CT molecular complexity index is 201. The highest BCUT2D eigenvalue weighted by molar-refractivity contribution is 5.08. The number of hydrogen-bond acceptors (Lipinski definition) is 1. The minimum absolute atomic E-state index is 0.154. The van der Waals surface area contributed by atoms with E-state index in [0.29, 0.717) is 12.8 Å². The van der Waals surface area contributed by atoms with Crippen molar-refractivity contribution in [1.82, 2.24) is 0 Å². The van der Waals surface area contributed by atoms with Crippen molar-refractivity contribution in [3.8, 4) is 0 Å². The average molecular weight is 179 g/mol. The van der Waals surface area contributed by atoms with Gasteiger partial charge in [0.25, 0.3) is 0 Å². The van der Waals surface area contributed by atoms with Crippen LogP contribution < -0.4 is 5.73 Å². The number of hydrogen-bond donors (Lipinski definition) is 1. The van der Waals surface area contributed by atoms with Gasteiger partial charge in [-0.2, -0.15) is 13.2 Å². The van der Waals surface area contributed by atoms with Gasteiger partial charge in [0.05, 0.1) is 0 Å². The lowest BCUT2D eigenvalue weighted by Crippen LogP contribution is -2.57. The molecule has 0 spiro atoms. The highest BCUT2D eigenvalue weighted by Crippen LogP contribution is 2.55. The highest BCUT2D eigenvalue weighted by Gasteiger charge is 2.62. The second-order valence-electron chi connectivity index (χ2n) is 4.12. The zero-order valence-electron chi connectivity index (χ0n) is 6.69. The SMILES string of the molecule is NC1(C(F)(F)F)CC2CCC1C2. The van der Waals surface area contributed by atoms with Crippen LogP contribution in [0.3, 0.4) is 0 Å². The van der Waals surface area contributed by atoms with E-state index in [-0.39, 0.29) is 18.3 Å². The predicted octanol–water partition coefficient (Wildman–Crippen LogP) is 2.07. The Morgan fingerprint density at radius 2 is 1.92 bits per heavy atom. The first kappa shape index (κ1) is 8.35. The van der Waals surface area contributed by atoms with Gasteiger partial charge in [-0.05, 0) is 31.1 Å². The van der Waals surface area contributed by atoms with Crippen molar-refractivity contribution in [3.05, 3.63) is 0 Å². The topological polar surface area (TPSA) is 26.0 Å². The monoisotopic (exact) mass is 179 g/mol. The maximum absolute atomic E-state index is 12.5. The van der Waals surface area contributed by atoms with E-state index in [1.165, 1.54) is 0 Å². The van der Waals surface area contributed by atoms with E-state index in [4.69, 9.17) is 5.73 Å². The van der Waals surface area contributed by atoms with Crippen LogP contribution in [0.2, 0.25) is 0 Å². The van der Waals surface area contributed by atoms with E-state index < -0.39 is 11.7 Å². The van der Waals surface area contributed by atoms with Crippen LogP contribution >= 0.6 is 0 Å². The lowest BCUT2D eigenvalue weighted by atomic mass is 9.81. The van der Waals surface area contributed by atoms with E-state index in [2.05, 4.69) is 0 Å². The maximum Gasteiger partial charge on any atom is 0.406 e. The smallest absolute Gasteiger partial charge is 0.317 e. The van der Waals surface area contributed by atoms with E-state index in [9.17, 15) is 13.2 Å². The minimum atomic E-state index is -4.20. The van der Waals surface area contributed by atoms with E-state index in [1.807, 2.05) is 0 Å². The minimum Gasteiger partial charge on any atom is -0.317 e. The number of rotatable bonds is 0. The third-order valence-corrected chi connectivity index (χ3v) is 3.42. The third kappa shape index (κ3) is 0.903. The van der Waals surface area contributed by atoms with E-state index >= 15 is 0 Å². The standard InChI is InChI=1S/C8H12F3N/c9-8(10,11)7(12)4-5-1-2-6(7)3-5/h5-6H,1-4,12H2. The van der Waals surface area contributed by atoms with Crippen LogP contribution in [0, 0.1) is 11.8 Å². The molecule has 0 aromatic carbocycles. The second-order valence-corrected chi connectivity index (χ2v) is 4.12. The van der Waals surface area contributed by atoms with Gasteiger partial charge in [-0.25, -0.2) is 0 Å². The summed E-state index contributed by atoms with van der Waals surface area (Å²) in [6.07, 6.45) is -1.75. The van der Waals surface area contributed by atoms with Crippen LogP contribution in [0.25, 0.3) is 0 Å². The molecule has 2 aliphatic carbocycles. The predicted molar refractivity (Wildman–Crippen MR) is 38.4 cm³/mol. The molecule has 1 nitrogen and oxygen atoms in total. The quantitative estimate of drug-likeness (QED) is 0.605.